The van der Waals surface area contributed by atoms with Crippen molar-refractivity contribution in [2.45, 2.75) is 0 Å². The second-order valence-corrected chi connectivity index (χ2v) is 10.0. The van der Waals surface area contributed by atoms with Gasteiger partial charge in [0.25, 0.3) is 0 Å². The molecule has 0 N–H and O–H groups in total. The maximum absolute atomic E-state index is 7.30. The molecule has 0 aliphatic carbocycles. The molecule has 186 valence electrons. The molecule has 0 atom stereocenters. The van der Waals surface area contributed by atoms with Gasteiger partial charge in [-0.05, 0) is 71.8 Å². The lowest BCUT2D eigenvalue weighted by Crippen LogP contribution is -1.93. The van der Waals surface area contributed by atoms with Crippen molar-refractivity contribution in [3.05, 3.63) is 145 Å². The van der Waals surface area contributed by atoms with E-state index in [-0.39, 0.29) is 0 Å². The summed E-state index contributed by atoms with van der Waals surface area (Å²) < 4.78 is 4.57. The van der Waals surface area contributed by atoms with Crippen molar-refractivity contribution in [1.82, 2.24) is 14.1 Å². The van der Waals surface area contributed by atoms with E-state index >= 15 is 0 Å². The summed E-state index contributed by atoms with van der Waals surface area (Å²) >= 11 is 0. The van der Waals surface area contributed by atoms with Gasteiger partial charge in [0.05, 0.1) is 34.8 Å². The molecule has 0 aliphatic rings. The van der Waals surface area contributed by atoms with Crippen molar-refractivity contribution in [2.24, 2.45) is 0 Å². The number of aromatic nitrogens is 3. The first-order valence-corrected chi connectivity index (χ1v) is 13.3. The van der Waals surface area contributed by atoms with Gasteiger partial charge < -0.3 is 9.13 Å². The summed E-state index contributed by atoms with van der Waals surface area (Å²) in [5, 5.41) is 4.82. The standard InChI is InChI=1S/C36H22N4/c1-37-26-13-15-28(16-14-26)40-35-18-12-25(22-32(35)30-19-20-38-23-36(30)40)24-11-17-34-31(21-24)29-9-5-6-10-33(29)39(34)27-7-3-2-4-8-27/h2-23H. The predicted molar refractivity (Wildman–Crippen MR) is 165 cm³/mol. The van der Waals surface area contributed by atoms with Crippen LogP contribution in [-0.2, 0) is 0 Å². The Balaban J connectivity index is 1.34. The van der Waals surface area contributed by atoms with E-state index in [0.29, 0.717) is 5.69 Å². The molecule has 40 heavy (non-hydrogen) atoms. The molecule has 0 bridgehead atoms. The molecule has 0 saturated carbocycles. The molecule has 0 aliphatic heterocycles. The number of nitrogens with zero attached hydrogens (tertiary/aromatic N) is 4. The van der Waals surface area contributed by atoms with Gasteiger partial charge in [-0.25, -0.2) is 4.85 Å². The van der Waals surface area contributed by atoms with Crippen molar-refractivity contribution in [3.63, 3.8) is 0 Å². The fourth-order valence-electron chi connectivity index (χ4n) is 6.01. The average molecular weight is 511 g/mol. The topological polar surface area (TPSA) is 27.1 Å². The quantitative estimate of drug-likeness (QED) is 0.217. The zero-order chi connectivity index (χ0) is 26.6. The SMILES string of the molecule is [C-]#[N+]c1ccc(-n2c3ccc(-c4ccc5c(c4)c4ccccc4n5-c4ccccc4)cc3c3ccncc32)cc1. The third-order valence-electron chi connectivity index (χ3n) is 7.83. The Bertz CT molecular complexity index is 2260. The molecule has 3 aromatic heterocycles. The first kappa shape index (κ1) is 22.3. The fourth-order valence-corrected chi connectivity index (χ4v) is 6.01. The summed E-state index contributed by atoms with van der Waals surface area (Å²) in [6, 6.07) is 42.5. The Kier molecular flexibility index (Phi) is 4.85. The van der Waals surface area contributed by atoms with Crippen LogP contribution in [0.15, 0.2) is 134 Å². The first-order chi connectivity index (χ1) is 19.8. The van der Waals surface area contributed by atoms with Crippen molar-refractivity contribution in [1.29, 1.82) is 0 Å². The van der Waals surface area contributed by atoms with Gasteiger partial charge in [-0.15, -0.1) is 0 Å². The largest absolute Gasteiger partial charge is 0.309 e. The lowest BCUT2D eigenvalue weighted by atomic mass is 10.0. The van der Waals surface area contributed by atoms with Crippen LogP contribution in [0.25, 0.3) is 71.0 Å². The predicted octanol–water partition coefficient (Wildman–Crippen LogP) is 9.49. The van der Waals surface area contributed by atoms with E-state index in [1.54, 1.807) is 0 Å². The molecule has 0 spiro atoms. The van der Waals surface area contributed by atoms with Crippen molar-refractivity contribution in [3.8, 4) is 22.5 Å². The molecular formula is C36H22N4. The van der Waals surface area contributed by atoms with E-state index < -0.39 is 0 Å². The minimum atomic E-state index is 0.633. The van der Waals surface area contributed by atoms with Crippen molar-refractivity contribution >= 4 is 49.3 Å². The fraction of sp³-hybridized carbons (Fsp3) is 0. The monoisotopic (exact) mass is 510 g/mol. The van der Waals surface area contributed by atoms with Gasteiger partial charge >= 0.3 is 0 Å². The Morgan fingerprint density at radius 1 is 0.500 bits per heavy atom. The molecule has 3 heterocycles. The highest BCUT2D eigenvalue weighted by molar-refractivity contribution is 6.12. The van der Waals surface area contributed by atoms with Gasteiger partial charge in [0.1, 0.15) is 0 Å². The highest BCUT2D eigenvalue weighted by Crippen LogP contribution is 2.38. The smallest absolute Gasteiger partial charge is 0.187 e. The van der Waals surface area contributed by atoms with Gasteiger partial charge in [-0.1, -0.05) is 60.7 Å². The molecule has 5 aromatic carbocycles. The van der Waals surface area contributed by atoms with Crippen LogP contribution in [0.2, 0.25) is 0 Å². The average Bonchev–Trinajstić information content (AvgIpc) is 3.54. The Labute approximate surface area is 230 Å². The third kappa shape index (κ3) is 3.28. The second-order valence-electron chi connectivity index (χ2n) is 10.0. The molecule has 8 aromatic rings. The van der Waals surface area contributed by atoms with Crippen LogP contribution in [0.3, 0.4) is 0 Å². The maximum Gasteiger partial charge on any atom is 0.187 e. The van der Waals surface area contributed by atoms with Crippen LogP contribution in [0.4, 0.5) is 5.69 Å². The van der Waals surface area contributed by atoms with Crippen LogP contribution in [0, 0.1) is 6.57 Å². The van der Waals surface area contributed by atoms with Crippen LogP contribution in [0.5, 0.6) is 0 Å². The first-order valence-electron chi connectivity index (χ1n) is 13.3. The number of para-hydroxylation sites is 2. The van der Waals surface area contributed by atoms with Crippen LogP contribution in [0.1, 0.15) is 0 Å². The van der Waals surface area contributed by atoms with Crippen molar-refractivity contribution in [2.75, 3.05) is 0 Å². The molecule has 4 nitrogen and oxygen atoms in total. The molecule has 0 saturated heterocycles. The normalized spacial score (nSPS) is 11.5. The zero-order valence-electron chi connectivity index (χ0n) is 21.5. The van der Waals surface area contributed by atoms with Gasteiger partial charge in [-0.3, -0.25) is 4.98 Å². The zero-order valence-corrected chi connectivity index (χ0v) is 21.5. The Morgan fingerprint density at radius 3 is 1.77 bits per heavy atom. The number of benzene rings is 5. The van der Waals surface area contributed by atoms with Crippen LogP contribution in [-0.4, -0.2) is 14.1 Å². The van der Waals surface area contributed by atoms with Crippen LogP contribution < -0.4 is 0 Å². The summed E-state index contributed by atoms with van der Waals surface area (Å²) in [5.74, 6) is 0. The number of hydrogen-bond acceptors (Lipinski definition) is 1. The van der Waals surface area contributed by atoms with Gasteiger partial charge in [0.2, 0.25) is 0 Å². The lowest BCUT2D eigenvalue weighted by Gasteiger charge is -2.09. The van der Waals surface area contributed by atoms with Gasteiger partial charge in [0, 0.05) is 39.1 Å². The van der Waals surface area contributed by atoms with Crippen LogP contribution >= 0.6 is 0 Å². The molecule has 8 rings (SSSR count). The molecule has 0 radical (unpaired) electrons. The highest BCUT2D eigenvalue weighted by Gasteiger charge is 2.16. The second kappa shape index (κ2) is 8.69. The number of rotatable bonds is 3. The molecule has 0 fully saturated rings. The molecule has 4 heteroatoms. The molecule has 0 unspecified atom stereocenters. The number of pyridine rings is 1. The summed E-state index contributed by atoms with van der Waals surface area (Å²) in [5.41, 5.74) is 9.73. The minimum absolute atomic E-state index is 0.633. The Morgan fingerprint density at radius 2 is 1.07 bits per heavy atom. The number of hydrogen-bond donors (Lipinski definition) is 0. The lowest BCUT2D eigenvalue weighted by molar-refractivity contribution is 1.17. The minimum Gasteiger partial charge on any atom is -0.309 e. The summed E-state index contributed by atoms with van der Waals surface area (Å²) in [6.45, 7) is 7.30. The van der Waals surface area contributed by atoms with E-state index in [0.717, 1.165) is 27.8 Å². The molecule has 0 amide bonds. The van der Waals surface area contributed by atoms with E-state index in [1.807, 2.05) is 36.7 Å². The third-order valence-corrected chi connectivity index (χ3v) is 7.83. The number of fused-ring (bicyclic) bond motifs is 6. The van der Waals surface area contributed by atoms with E-state index in [9.17, 15) is 0 Å². The summed E-state index contributed by atoms with van der Waals surface area (Å²) in [7, 11) is 0. The maximum atomic E-state index is 7.30. The van der Waals surface area contributed by atoms with Gasteiger partial charge in [0.15, 0.2) is 5.69 Å². The molecular weight excluding hydrogens is 488 g/mol. The van der Waals surface area contributed by atoms with E-state index in [2.05, 4.69) is 116 Å². The highest BCUT2D eigenvalue weighted by atomic mass is 15.0. The summed E-state index contributed by atoms with van der Waals surface area (Å²) in [4.78, 5) is 7.98. The van der Waals surface area contributed by atoms with E-state index in [4.69, 9.17) is 6.57 Å². The van der Waals surface area contributed by atoms with Crippen molar-refractivity contribution < 1.29 is 0 Å². The summed E-state index contributed by atoms with van der Waals surface area (Å²) in [6.07, 6.45) is 3.77. The van der Waals surface area contributed by atoms with Gasteiger partial charge in [-0.2, -0.15) is 0 Å². The van der Waals surface area contributed by atoms with E-state index in [1.165, 1.54) is 38.3 Å². The Hall–Kier alpha value is -5.66.